The number of nitriles is 1. The molecule has 1 saturated heterocycles. The van der Waals surface area contributed by atoms with Gasteiger partial charge in [-0.25, -0.2) is 9.78 Å². The summed E-state index contributed by atoms with van der Waals surface area (Å²) in [4.78, 5) is 31.8. The molecule has 0 saturated carbocycles. The average molecular weight is 473 g/mol. The Hall–Kier alpha value is -3.96. The molecule has 0 atom stereocenters. The van der Waals surface area contributed by atoms with Crippen LogP contribution in [0.1, 0.15) is 42.3 Å². The average Bonchev–Trinajstić information content (AvgIpc) is 2.85. The number of rotatable bonds is 4. The number of hydrogen-bond donors (Lipinski definition) is 1. The maximum absolute atomic E-state index is 13.4. The monoisotopic (exact) mass is 472 g/mol. The molecule has 1 fully saturated rings. The van der Waals surface area contributed by atoms with Gasteiger partial charge in [0.2, 0.25) is 0 Å². The number of alkyl carbamates (subject to hydrolysis) is 1. The van der Waals surface area contributed by atoms with Gasteiger partial charge in [-0.3, -0.25) is 4.79 Å². The molecule has 0 spiro atoms. The Morgan fingerprint density at radius 1 is 1.11 bits per heavy atom. The van der Waals surface area contributed by atoms with E-state index in [1.165, 1.54) is 0 Å². The topological polar surface area (TPSA) is 105 Å². The largest absolute Gasteiger partial charge is 0.444 e. The molecule has 2 amide bonds. The summed E-state index contributed by atoms with van der Waals surface area (Å²) in [6, 6.07) is 16.7. The summed E-state index contributed by atoms with van der Waals surface area (Å²) in [5.41, 5.74) is 3.42. The lowest BCUT2D eigenvalue weighted by molar-refractivity contribution is 0.0304. The molecule has 4 rings (SSSR count). The first-order valence-electron chi connectivity index (χ1n) is 11.5. The van der Waals surface area contributed by atoms with Crippen molar-refractivity contribution in [1.29, 1.82) is 5.26 Å². The lowest BCUT2D eigenvalue weighted by Crippen LogP contribution is -2.40. The summed E-state index contributed by atoms with van der Waals surface area (Å²) in [5.74, 6) is -0.0789. The summed E-state index contributed by atoms with van der Waals surface area (Å²) in [5, 5.41) is 12.8. The molecule has 3 aromatic rings. The Morgan fingerprint density at radius 3 is 2.49 bits per heavy atom. The minimum Gasteiger partial charge on any atom is -0.444 e. The number of carbonyl (C=O) groups is 2. The Labute approximate surface area is 204 Å². The first-order valence-corrected chi connectivity index (χ1v) is 11.5. The first-order chi connectivity index (χ1) is 16.7. The van der Waals surface area contributed by atoms with Crippen molar-refractivity contribution in [3.05, 3.63) is 65.2 Å². The number of pyridine rings is 1. The van der Waals surface area contributed by atoms with E-state index in [1.54, 1.807) is 29.2 Å². The molecule has 2 aromatic carbocycles. The molecule has 1 aliphatic heterocycles. The number of nitrogens with one attached hydrogen (secondary N) is 1. The van der Waals surface area contributed by atoms with Crippen molar-refractivity contribution in [2.75, 3.05) is 26.3 Å². The highest BCUT2D eigenvalue weighted by Gasteiger charge is 2.22. The zero-order valence-electron chi connectivity index (χ0n) is 20.1. The smallest absolute Gasteiger partial charge is 0.407 e. The number of ether oxygens (including phenoxy) is 2. The maximum atomic E-state index is 13.4. The van der Waals surface area contributed by atoms with E-state index in [4.69, 9.17) is 14.5 Å². The molecule has 0 unspecified atom stereocenters. The van der Waals surface area contributed by atoms with Gasteiger partial charge in [0.1, 0.15) is 5.60 Å². The van der Waals surface area contributed by atoms with Crippen LogP contribution in [0.25, 0.3) is 22.2 Å². The van der Waals surface area contributed by atoms with Crippen LogP contribution in [-0.4, -0.2) is 53.8 Å². The second-order valence-corrected chi connectivity index (χ2v) is 9.36. The minimum absolute atomic E-state index is 0.0789. The highest BCUT2D eigenvalue weighted by molar-refractivity contribution is 6.07. The number of nitrogens with zero attached hydrogens (tertiary/aromatic N) is 3. The van der Waals surface area contributed by atoms with Gasteiger partial charge in [-0.05, 0) is 44.5 Å². The van der Waals surface area contributed by atoms with Gasteiger partial charge in [-0.1, -0.05) is 30.3 Å². The van der Waals surface area contributed by atoms with Gasteiger partial charge < -0.3 is 19.7 Å². The predicted octanol–water partition coefficient (Wildman–Crippen LogP) is 4.27. The maximum Gasteiger partial charge on any atom is 0.407 e. The van der Waals surface area contributed by atoms with Crippen molar-refractivity contribution in [2.24, 2.45) is 0 Å². The van der Waals surface area contributed by atoms with Gasteiger partial charge in [-0.2, -0.15) is 5.26 Å². The minimum atomic E-state index is -0.558. The van der Waals surface area contributed by atoms with Crippen molar-refractivity contribution < 1.29 is 19.1 Å². The molecule has 1 aliphatic rings. The molecule has 35 heavy (non-hydrogen) atoms. The SMILES string of the molecule is CC(C)(C)OC(=O)NCc1ccc(-c2cc(C(=O)N3CCOCC3)c3ccc(C#N)cc3n2)cc1. The molecular weight excluding hydrogens is 444 g/mol. The number of morpholine rings is 1. The van der Waals surface area contributed by atoms with Crippen LogP contribution in [0.2, 0.25) is 0 Å². The van der Waals surface area contributed by atoms with E-state index in [2.05, 4.69) is 11.4 Å². The summed E-state index contributed by atoms with van der Waals surface area (Å²) >= 11 is 0. The molecule has 1 N–H and O–H groups in total. The number of aromatic nitrogens is 1. The van der Waals surface area contributed by atoms with Crippen molar-refractivity contribution in [3.8, 4) is 17.3 Å². The lowest BCUT2D eigenvalue weighted by atomic mass is 10.0. The molecule has 2 heterocycles. The van der Waals surface area contributed by atoms with Crippen molar-refractivity contribution in [2.45, 2.75) is 32.9 Å². The zero-order chi connectivity index (χ0) is 25.0. The highest BCUT2D eigenvalue weighted by Crippen LogP contribution is 2.27. The standard InChI is InChI=1S/C27H28N4O4/c1-27(2,3)35-26(33)29-17-18-4-7-20(8-5-18)23-15-22(25(32)31-10-12-34-13-11-31)21-9-6-19(16-28)14-24(21)30-23/h4-9,14-15H,10-13,17H2,1-3H3,(H,29,33). The summed E-state index contributed by atoms with van der Waals surface area (Å²) in [7, 11) is 0. The van der Waals surface area contributed by atoms with Crippen LogP contribution in [0, 0.1) is 11.3 Å². The van der Waals surface area contributed by atoms with Gasteiger partial charge in [-0.15, -0.1) is 0 Å². The van der Waals surface area contributed by atoms with E-state index in [1.807, 2.05) is 45.0 Å². The van der Waals surface area contributed by atoms with E-state index in [-0.39, 0.29) is 5.91 Å². The molecule has 0 radical (unpaired) electrons. The number of amides is 2. The zero-order valence-corrected chi connectivity index (χ0v) is 20.1. The first kappa shape index (κ1) is 24.2. The third-order valence-electron chi connectivity index (χ3n) is 5.55. The van der Waals surface area contributed by atoms with Crippen LogP contribution in [-0.2, 0) is 16.0 Å². The normalized spacial score (nSPS) is 13.8. The van der Waals surface area contributed by atoms with E-state index in [0.29, 0.717) is 60.6 Å². The van der Waals surface area contributed by atoms with Crippen molar-refractivity contribution in [3.63, 3.8) is 0 Å². The fourth-order valence-corrected chi connectivity index (χ4v) is 3.84. The lowest BCUT2D eigenvalue weighted by Gasteiger charge is -2.27. The Bertz CT molecular complexity index is 1280. The molecule has 8 nitrogen and oxygen atoms in total. The van der Waals surface area contributed by atoms with E-state index >= 15 is 0 Å². The Kier molecular flexibility index (Phi) is 6.99. The molecule has 0 bridgehead atoms. The van der Waals surface area contributed by atoms with Gasteiger partial charge in [0.05, 0.1) is 41.6 Å². The summed E-state index contributed by atoms with van der Waals surface area (Å²) in [6.45, 7) is 7.87. The predicted molar refractivity (Wildman–Crippen MR) is 132 cm³/mol. The van der Waals surface area contributed by atoms with Crippen molar-refractivity contribution in [1.82, 2.24) is 15.2 Å². The number of carbonyl (C=O) groups excluding carboxylic acids is 2. The number of hydrogen-bond acceptors (Lipinski definition) is 6. The van der Waals surface area contributed by atoms with Crippen molar-refractivity contribution >= 4 is 22.9 Å². The third-order valence-corrected chi connectivity index (χ3v) is 5.55. The molecule has 180 valence electrons. The van der Waals surface area contributed by atoms with Gasteiger partial charge >= 0.3 is 6.09 Å². The second-order valence-electron chi connectivity index (χ2n) is 9.36. The molecule has 0 aliphatic carbocycles. The van der Waals surface area contributed by atoms with Crippen LogP contribution in [0.3, 0.4) is 0 Å². The number of benzene rings is 2. The van der Waals surface area contributed by atoms with E-state index in [0.717, 1.165) is 11.1 Å². The fourth-order valence-electron chi connectivity index (χ4n) is 3.84. The van der Waals surface area contributed by atoms with Crippen LogP contribution < -0.4 is 5.32 Å². The number of fused-ring (bicyclic) bond motifs is 1. The molecule has 1 aromatic heterocycles. The summed E-state index contributed by atoms with van der Waals surface area (Å²) < 4.78 is 10.7. The van der Waals surface area contributed by atoms with Crippen LogP contribution in [0.15, 0.2) is 48.5 Å². The fraction of sp³-hybridized carbons (Fsp3) is 0.333. The van der Waals surface area contributed by atoms with Gasteiger partial charge in [0, 0.05) is 30.6 Å². The molecular formula is C27H28N4O4. The highest BCUT2D eigenvalue weighted by atomic mass is 16.6. The molecule has 8 heteroatoms. The van der Waals surface area contributed by atoms with Crippen LogP contribution in [0.4, 0.5) is 4.79 Å². The van der Waals surface area contributed by atoms with Gasteiger partial charge in [0.25, 0.3) is 5.91 Å². The van der Waals surface area contributed by atoms with E-state index < -0.39 is 11.7 Å². The Balaban J connectivity index is 1.62. The Morgan fingerprint density at radius 2 is 1.83 bits per heavy atom. The van der Waals surface area contributed by atoms with Crippen LogP contribution in [0.5, 0.6) is 0 Å². The summed E-state index contributed by atoms with van der Waals surface area (Å²) in [6.07, 6.45) is -0.475. The second kappa shape index (κ2) is 10.1. The van der Waals surface area contributed by atoms with E-state index in [9.17, 15) is 14.9 Å². The quantitative estimate of drug-likeness (QED) is 0.608. The van der Waals surface area contributed by atoms with Gasteiger partial charge in [0.15, 0.2) is 0 Å². The van der Waals surface area contributed by atoms with Crippen LogP contribution >= 0.6 is 0 Å². The third kappa shape index (κ3) is 5.94.